The van der Waals surface area contributed by atoms with Gasteiger partial charge in [-0.15, -0.1) is 11.8 Å². The van der Waals surface area contributed by atoms with E-state index in [-0.39, 0.29) is 29.1 Å². The normalized spacial score (nSPS) is 12.4. The van der Waals surface area contributed by atoms with E-state index >= 15 is 0 Å². The number of amides is 2. The third-order valence-corrected chi connectivity index (χ3v) is 5.09. The molecule has 0 aliphatic carbocycles. The molecular weight excluding hydrogens is 503 g/mol. The van der Waals surface area contributed by atoms with Gasteiger partial charge in [0.05, 0.1) is 16.7 Å². The van der Waals surface area contributed by atoms with Gasteiger partial charge < -0.3 is 10.6 Å². The number of carbonyl (C=O) groups is 2. The van der Waals surface area contributed by atoms with E-state index in [0.29, 0.717) is 6.07 Å². The second-order valence-corrected chi connectivity index (χ2v) is 7.64. The topological polar surface area (TPSA) is 58.2 Å². The first-order valence-electron chi connectivity index (χ1n) is 9.11. The largest absolute Gasteiger partial charge is 0.417 e. The van der Waals surface area contributed by atoms with Crippen LogP contribution < -0.4 is 10.6 Å². The number of rotatable bonds is 6. The third-order valence-electron chi connectivity index (χ3n) is 4.29. The Labute approximate surface area is 190 Å². The highest BCUT2D eigenvalue weighted by Crippen LogP contribution is 2.41. The van der Waals surface area contributed by atoms with Gasteiger partial charge >= 0.3 is 18.5 Å². The zero-order valence-corrected chi connectivity index (χ0v) is 17.8. The summed E-state index contributed by atoms with van der Waals surface area (Å²) >= 11 is 0.876. The molecule has 0 bridgehead atoms. The molecule has 14 heteroatoms. The Morgan fingerprint density at radius 3 is 1.88 bits per heavy atom. The summed E-state index contributed by atoms with van der Waals surface area (Å²) in [5, 5.41) is 4.08. The molecule has 0 heterocycles. The van der Waals surface area contributed by atoms with Crippen LogP contribution in [0.25, 0.3) is 0 Å². The number of thioether (sulfide) groups is 1. The number of anilines is 1. The van der Waals surface area contributed by atoms with Crippen molar-refractivity contribution in [3.63, 3.8) is 0 Å². The highest BCUT2D eigenvalue weighted by molar-refractivity contribution is 7.98. The molecule has 0 radical (unpaired) electrons. The standard InChI is InChI=1S/C20H15F9N2O2S/c1-34-15-5-2-10(6-14(15)20(27,28)29)9-30-16(32)8-17(33)31-11-3-4-12(18(21,22)23)13(7-11)19(24,25)26/h2-7H,8-9H2,1H3,(H,30,32)(H,31,33). The number of halogens is 9. The van der Waals surface area contributed by atoms with Gasteiger partial charge in [-0.05, 0) is 42.2 Å². The zero-order valence-electron chi connectivity index (χ0n) is 17.0. The summed E-state index contributed by atoms with van der Waals surface area (Å²) in [6.45, 7) is -0.373. The fraction of sp³-hybridized carbons (Fsp3) is 0.300. The summed E-state index contributed by atoms with van der Waals surface area (Å²) in [6, 6.07) is 4.21. The zero-order chi connectivity index (χ0) is 25.9. The van der Waals surface area contributed by atoms with Gasteiger partial charge in [-0.3, -0.25) is 9.59 Å². The first-order valence-corrected chi connectivity index (χ1v) is 10.3. The SMILES string of the molecule is CSc1ccc(CNC(=O)CC(=O)Nc2ccc(C(F)(F)F)c(C(F)(F)F)c2)cc1C(F)(F)F. The van der Waals surface area contributed by atoms with E-state index in [1.807, 2.05) is 5.32 Å². The van der Waals surface area contributed by atoms with E-state index in [1.165, 1.54) is 18.4 Å². The molecule has 0 fully saturated rings. The monoisotopic (exact) mass is 518 g/mol. The number of benzene rings is 2. The van der Waals surface area contributed by atoms with Gasteiger partial charge in [-0.1, -0.05) is 6.07 Å². The smallest absolute Gasteiger partial charge is 0.352 e. The molecule has 0 atom stereocenters. The lowest BCUT2D eigenvalue weighted by atomic mass is 10.1. The van der Waals surface area contributed by atoms with E-state index in [2.05, 4.69) is 5.32 Å². The van der Waals surface area contributed by atoms with E-state index in [1.54, 1.807) is 0 Å². The molecule has 186 valence electrons. The number of alkyl halides is 9. The van der Waals surface area contributed by atoms with Crippen LogP contribution in [0.3, 0.4) is 0 Å². The maximum atomic E-state index is 13.1. The van der Waals surface area contributed by atoms with E-state index in [0.717, 1.165) is 17.8 Å². The Kier molecular flexibility index (Phi) is 8.17. The van der Waals surface area contributed by atoms with Crippen molar-refractivity contribution in [1.29, 1.82) is 0 Å². The summed E-state index contributed by atoms with van der Waals surface area (Å²) in [5.74, 6) is -2.11. The molecule has 2 amide bonds. The fourth-order valence-corrected chi connectivity index (χ4v) is 3.40. The van der Waals surface area contributed by atoms with Gasteiger partial charge in [-0.25, -0.2) is 0 Å². The summed E-state index contributed by atoms with van der Waals surface area (Å²) < 4.78 is 117. The van der Waals surface area contributed by atoms with E-state index in [9.17, 15) is 49.1 Å². The molecule has 0 unspecified atom stereocenters. The van der Waals surface area contributed by atoms with Crippen LogP contribution in [-0.2, 0) is 34.7 Å². The lowest BCUT2D eigenvalue weighted by Gasteiger charge is -2.17. The van der Waals surface area contributed by atoms with Crippen LogP contribution >= 0.6 is 11.8 Å². The molecule has 0 aliphatic rings. The Morgan fingerprint density at radius 1 is 0.765 bits per heavy atom. The molecule has 34 heavy (non-hydrogen) atoms. The summed E-state index contributed by atoms with van der Waals surface area (Å²) in [6.07, 6.45) is -14.7. The minimum absolute atomic E-state index is 0.0308. The van der Waals surface area contributed by atoms with Crippen molar-refractivity contribution < 1.29 is 49.1 Å². The predicted octanol–water partition coefficient (Wildman–Crippen LogP) is 6.11. The minimum atomic E-state index is -5.36. The summed E-state index contributed by atoms with van der Waals surface area (Å²) in [7, 11) is 0. The molecule has 0 aliphatic heterocycles. The molecule has 0 saturated heterocycles. The van der Waals surface area contributed by atoms with E-state index < -0.39 is 59.1 Å². The average molecular weight is 518 g/mol. The molecule has 0 aromatic heterocycles. The molecular formula is C20H15F9N2O2S. The van der Waals surface area contributed by atoms with E-state index in [4.69, 9.17) is 0 Å². The second kappa shape index (κ2) is 10.2. The molecule has 0 saturated carbocycles. The maximum Gasteiger partial charge on any atom is 0.417 e. The van der Waals surface area contributed by atoms with Crippen LogP contribution in [0.15, 0.2) is 41.3 Å². The van der Waals surface area contributed by atoms with Crippen molar-refractivity contribution in [2.45, 2.75) is 36.4 Å². The Morgan fingerprint density at radius 2 is 1.35 bits per heavy atom. The molecule has 2 aromatic carbocycles. The van der Waals surface area contributed by atoms with Gasteiger partial charge in [0.15, 0.2) is 0 Å². The Balaban J connectivity index is 2.04. The summed E-state index contributed by atoms with van der Waals surface area (Å²) in [5.41, 5.74) is -5.41. The van der Waals surface area contributed by atoms with Crippen LogP contribution in [0.2, 0.25) is 0 Å². The van der Waals surface area contributed by atoms with Crippen molar-refractivity contribution in [2.24, 2.45) is 0 Å². The van der Waals surface area contributed by atoms with Gasteiger partial charge in [-0.2, -0.15) is 39.5 Å². The van der Waals surface area contributed by atoms with Gasteiger partial charge in [0.25, 0.3) is 0 Å². The Hall–Kier alpha value is -2.90. The van der Waals surface area contributed by atoms with Crippen LogP contribution in [0.4, 0.5) is 45.2 Å². The average Bonchev–Trinajstić information content (AvgIpc) is 2.69. The third kappa shape index (κ3) is 7.30. The van der Waals surface area contributed by atoms with Crippen molar-refractivity contribution in [2.75, 3.05) is 11.6 Å². The second-order valence-electron chi connectivity index (χ2n) is 6.79. The molecule has 4 nitrogen and oxygen atoms in total. The quantitative estimate of drug-likeness (QED) is 0.276. The minimum Gasteiger partial charge on any atom is -0.352 e. The van der Waals surface area contributed by atoms with Gasteiger partial charge in [0.2, 0.25) is 11.8 Å². The number of hydrogen-bond donors (Lipinski definition) is 2. The van der Waals surface area contributed by atoms with Crippen molar-refractivity contribution >= 4 is 29.3 Å². The maximum absolute atomic E-state index is 13.1. The van der Waals surface area contributed by atoms with Gasteiger partial charge in [0, 0.05) is 17.1 Å². The highest BCUT2D eigenvalue weighted by atomic mass is 32.2. The first-order chi connectivity index (χ1) is 15.5. The molecule has 2 aromatic rings. The van der Waals surface area contributed by atoms with Crippen LogP contribution in [0.5, 0.6) is 0 Å². The van der Waals surface area contributed by atoms with Crippen molar-refractivity contribution in [1.82, 2.24) is 5.32 Å². The predicted molar refractivity (Wildman–Crippen MR) is 105 cm³/mol. The fourth-order valence-electron chi connectivity index (χ4n) is 2.80. The Bertz CT molecular complexity index is 1060. The number of carbonyl (C=O) groups excluding carboxylic acids is 2. The van der Waals surface area contributed by atoms with Crippen molar-refractivity contribution in [3.8, 4) is 0 Å². The van der Waals surface area contributed by atoms with Crippen LogP contribution in [-0.4, -0.2) is 18.1 Å². The molecule has 0 spiro atoms. The van der Waals surface area contributed by atoms with Gasteiger partial charge in [0.1, 0.15) is 6.42 Å². The number of nitrogens with one attached hydrogen (secondary N) is 2. The van der Waals surface area contributed by atoms with Crippen LogP contribution in [0.1, 0.15) is 28.7 Å². The van der Waals surface area contributed by atoms with Crippen molar-refractivity contribution in [3.05, 3.63) is 58.7 Å². The summed E-state index contributed by atoms with van der Waals surface area (Å²) in [4.78, 5) is 23.8. The highest BCUT2D eigenvalue weighted by Gasteiger charge is 2.43. The number of hydrogen-bond acceptors (Lipinski definition) is 3. The molecule has 2 rings (SSSR count). The lowest BCUT2D eigenvalue weighted by Crippen LogP contribution is -2.28. The first kappa shape index (κ1) is 27.3. The lowest BCUT2D eigenvalue weighted by molar-refractivity contribution is -0.162. The van der Waals surface area contributed by atoms with Crippen LogP contribution in [0, 0.1) is 0 Å². The molecule has 2 N–H and O–H groups in total.